The van der Waals surface area contributed by atoms with Crippen LogP contribution in [0.25, 0.3) is 21.8 Å². The number of fused-ring (bicyclic) bond motifs is 2. The molecule has 0 aliphatic rings. The van der Waals surface area contributed by atoms with E-state index in [2.05, 4.69) is 58.7 Å². The highest BCUT2D eigenvalue weighted by atomic mass is 35.5. The number of hydrogen-bond donors (Lipinski definition) is 2. The Bertz CT molecular complexity index is 1840. The molecular formula is C35H34ClN5O2. The first-order valence-corrected chi connectivity index (χ1v) is 14.6. The molecule has 0 radical (unpaired) electrons. The number of carbonyl (C=O) groups is 1. The Morgan fingerprint density at radius 1 is 0.930 bits per heavy atom. The van der Waals surface area contributed by atoms with Gasteiger partial charge in [-0.2, -0.15) is 0 Å². The summed E-state index contributed by atoms with van der Waals surface area (Å²) in [5, 5.41) is 8.74. The lowest BCUT2D eigenvalue weighted by atomic mass is 10.1. The maximum absolute atomic E-state index is 11.2. The summed E-state index contributed by atoms with van der Waals surface area (Å²) in [4.78, 5) is 20.0. The van der Waals surface area contributed by atoms with Crippen LogP contribution in [0, 0.1) is 6.92 Å². The van der Waals surface area contributed by atoms with Crippen LogP contribution in [0.1, 0.15) is 25.0 Å². The lowest BCUT2D eigenvalue weighted by molar-refractivity contribution is -0.118. The number of hydrogen-bond acceptors (Lipinski definition) is 5. The maximum atomic E-state index is 11.2. The quantitative estimate of drug-likeness (QED) is 0.185. The first kappa shape index (κ1) is 29.6. The van der Waals surface area contributed by atoms with E-state index in [1.807, 2.05) is 71.4 Å². The first-order chi connectivity index (χ1) is 20.9. The maximum Gasteiger partial charge on any atom is 0.216 e. The van der Waals surface area contributed by atoms with E-state index in [9.17, 15) is 4.79 Å². The van der Waals surface area contributed by atoms with Crippen molar-refractivity contribution in [2.75, 3.05) is 11.9 Å². The smallest absolute Gasteiger partial charge is 0.216 e. The Labute approximate surface area is 256 Å². The number of aryl methyl sites for hydroxylation is 2. The SMILES string of the molecule is CC(=O)NCCn1ccc2ncnc(Nc3ccc(Oc4cccc5ccccc45)c(Cl)c3)c21.CCc1ccc(C)cc1. The highest BCUT2D eigenvalue weighted by Crippen LogP contribution is 2.36. The Kier molecular flexibility index (Phi) is 9.54. The fourth-order valence-electron chi connectivity index (χ4n) is 4.69. The summed E-state index contributed by atoms with van der Waals surface area (Å²) in [7, 11) is 0. The van der Waals surface area contributed by atoms with Crippen molar-refractivity contribution in [1.82, 2.24) is 19.9 Å². The Balaban J connectivity index is 0.000000351. The first-order valence-electron chi connectivity index (χ1n) is 14.2. The fourth-order valence-corrected chi connectivity index (χ4v) is 4.91. The molecule has 0 spiro atoms. The van der Waals surface area contributed by atoms with Crippen LogP contribution in [0.2, 0.25) is 5.02 Å². The number of rotatable bonds is 8. The topological polar surface area (TPSA) is 81.1 Å². The molecule has 0 aliphatic heterocycles. The zero-order chi connectivity index (χ0) is 30.2. The van der Waals surface area contributed by atoms with E-state index in [1.165, 1.54) is 24.4 Å². The minimum atomic E-state index is -0.0634. The molecule has 0 aliphatic carbocycles. The minimum absolute atomic E-state index is 0.0634. The largest absolute Gasteiger partial charge is 0.455 e. The van der Waals surface area contributed by atoms with Gasteiger partial charge in [-0.1, -0.05) is 84.8 Å². The highest BCUT2D eigenvalue weighted by Gasteiger charge is 2.12. The zero-order valence-electron chi connectivity index (χ0n) is 24.5. The summed E-state index contributed by atoms with van der Waals surface area (Å²) in [5.74, 6) is 1.90. The van der Waals surface area contributed by atoms with Crippen molar-refractivity contribution >= 4 is 50.8 Å². The van der Waals surface area contributed by atoms with E-state index in [0.717, 1.165) is 39.7 Å². The lowest BCUT2D eigenvalue weighted by Crippen LogP contribution is -2.24. The molecule has 4 aromatic carbocycles. The summed E-state index contributed by atoms with van der Waals surface area (Å²) in [5.41, 5.74) is 5.18. The van der Waals surface area contributed by atoms with Gasteiger partial charge < -0.3 is 19.9 Å². The Morgan fingerprint density at radius 3 is 2.49 bits per heavy atom. The number of ether oxygens (including phenoxy) is 1. The molecule has 0 saturated heterocycles. The van der Waals surface area contributed by atoms with Crippen LogP contribution in [-0.2, 0) is 17.8 Å². The van der Waals surface area contributed by atoms with Gasteiger partial charge in [-0.25, -0.2) is 9.97 Å². The molecule has 0 bridgehead atoms. The van der Waals surface area contributed by atoms with Crippen LogP contribution < -0.4 is 15.4 Å². The van der Waals surface area contributed by atoms with Gasteiger partial charge in [0.15, 0.2) is 5.82 Å². The second-order valence-corrected chi connectivity index (χ2v) is 10.5. The summed E-state index contributed by atoms with van der Waals surface area (Å²) in [6.07, 6.45) is 4.59. The van der Waals surface area contributed by atoms with Crippen molar-refractivity contribution < 1.29 is 9.53 Å². The Hall–Kier alpha value is -4.88. The summed E-state index contributed by atoms with van der Waals surface area (Å²) < 4.78 is 8.15. The third-order valence-corrected chi connectivity index (χ3v) is 7.27. The second-order valence-electron chi connectivity index (χ2n) is 10.1. The number of benzene rings is 4. The molecule has 6 aromatic rings. The molecule has 8 heteroatoms. The molecule has 2 aromatic heterocycles. The van der Waals surface area contributed by atoms with Crippen molar-refractivity contribution in [3.05, 3.63) is 120 Å². The number of amides is 1. The average molecular weight is 592 g/mol. The molecule has 7 nitrogen and oxygen atoms in total. The number of halogens is 1. The number of anilines is 2. The van der Waals surface area contributed by atoms with Gasteiger partial charge in [-0.3, -0.25) is 4.79 Å². The fraction of sp³-hybridized carbons (Fsp3) is 0.171. The van der Waals surface area contributed by atoms with E-state index >= 15 is 0 Å². The molecule has 0 unspecified atom stereocenters. The predicted octanol–water partition coefficient (Wildman–Crippen LogP) is 8.47. The van der Waals surface area contributed by atoms with Crippen LogP contribution in [-0.4, -0.2) is 27.0 Å². The summed E-state index contributed by atoms with van der Waals surface area (Å²) in [6.45, 7) is 6.90. The van der Waals surface area contributed by atoms with E-state index < -0.39 is 0 Å². The van der Waals surface area contributed by atoms with E-state index in [4.69, 9.17) is 16.3 Å². The van der Waals surface area contributed by atoms with Crippen LogP contribution >= 0.6 is 11.6 Å². The monoisotopic (exact) mass is 591 g/mol. The zero-order valence-corrected chi connectivity index (χ0v) is 25.2. The predicted molar refractivity (Wildman–Crippen MR) is 176 cm³/mol. The third-order valence-electron chi connectivity index (χ3n) is 6.97. The molecule has 6 rings (SSSR count). The van der Waals surface area contributed by atoms with E-state index in [-0.39, 0.29) is 5.91 Å². The standard InChI is InChI=1S/C26H22ClN5O2.C9H12/c1-17(33)28-12-14-32-13-11-22-25(32)26(30-16-29-22)31-19-9-10-24(21(27)15-19)34-23-8-4-6-18-5-2-3-7-20(18)23;1-3-9-6-4-8(2)5-7-9/h2-11,13,15-16H,12,14H2,1H3,(H,28,33)(H,29,30,31);4-7H,3H2,1-2H3. The van der Waals surface area contributed by atoms with Crippen LogP contribution in [0.5, 0.6) is 11.5 Å². The second kappa shape index (κ2) is 13.9. The van der Waals surface area contributed by atoms with Gasteiger partial charge in [0.1, 0.15) is 23.3 Å². The Morgan fingerprint density at radius 2 is 1.72 bits per heavy atom. The molecule has 0 atom stereocenters. The summed E-state index contributed by atoms with van der Waals surface area (Å²) >= 11 is 6.58. The lowest BCUT2D eigenvalue weighted by Gasteiger charge is -2.13. The van der Waals surface area contributed by atoms with Gasteiger partial charge in [0.05, 0.1) is 10.5 Å². The number of nitrogens with one attached hydrogen (secondary N) is 2. The molecule has 218 valence electrons. The summed E-state index contributed by atoms with van der Waals surface area (Å²) in [6, 6.07) is 30.1. The van der Waals surface area contributed by atoms with Crippen molar-refractivity contribution in [1.29, 1.82) is 0 Å². The molecule has 2 heterocycles. The third kappa shape index (κ3) is 7.50. The molecule has 0 saturated carbocycles. The van der Waals surface area contributed by atoms with Crippen LogP contribution in [0.15, 0.2) is 104 Å². The van der Waals surface area contributed by atoms with Gasteiger partial charge in [-0.15, -0.1) is 0 Å². The molecular weight excluding hydrogens is 558 g/mol. The van der Waals surface area contributed by atoms with Gasteiger partial charge in [0.25, 0.3) is 0 Å². The van der Waals surface area contributed by atoms with Gasteiger partial charge in [0, 0.05) is 37.3 Å². The van der Waals surface area contributed by atoms with E-state index in [1.54, 1.807) is 6.07 Å². The van der Waals surface area contributed by atoms with Crippen molar-refractivity contribution in [2.45, 2.75) is 33.7 Å². The minimum Gasteiger partial charge on any atom is -0.455 e. The van der Waals surface area contributed by atoms with Gasteiger partial charge in [-0.05, 0) is 54.6 Å². The average Bonchev–Trinajstić information content (AvgIpc) is 3.43. The van der Waals surface area contributed by atoms with Gasteiger partial charge in [0.2, 0.25) is 5.91 Å². The number of carbonyl (C=O) groups excluding carboxylic acids is 1. The van der Waals surface area contributed by atoms with Crippen molar-refractivity contribution in [2.24, 2.45) is 0 Å². The van der Waals surface area contributed by atoms with Crippen molar-refractivity contribution in [3.63, 3.8) is 0 Å². The normalized spacial score (nSPS) is 10.7. The molecule has 0 fully saturated rings. The van der Waals surface area contributed by atoms with Crippen molar-refractivity contribution in [3.8, 4) is 11.5 Å². The molecule has 2 N–H and O–H groups in total. The molecule has 1 amide bonds. The number of aromatic nitrogens is 3. The van der Waals surface area contributed by atoms with E-state index in [0.29, 0.717) is 29.7 Å². The molecule has 43 heavy (non-hydrogen) atoms. The number of nitrogens with zero attached hydrogens (tertiary/aromatic N) is 3. The van der Waals surface area contributed by atoms with Gasteiger partial charge >= 0.3 is 0 Å². The van der Waals surface area contributed by atoms with Crippen LogP contribution in [0.3, 0.4) is 0 Å². The highest BCUT2D eigenvalue weighted by molar-refractivity contribution is 6.32. The van der Waals surface area contributed by atoms with Crippen LogP contribution in [0.4, 0.5) is 11.5 Å².